The molecule has 0 aromatic heterocycles. The van der Waals surface area contributed by atoms with Crippen LogP contribution in [0.2, 0.25) is 0 Å². The van der Waals surface area contributed by atoms with Gasteiger partial charge in [-0.05, 0) is 13.2 Å². The number of esters is 1. The van der Waals surface area contributed by atoms with Crippen LogP contribution in [0.3, 0.4) is 0 Å². The van der Waals surface area contributed by atoms with Gasteiger partial charge in [-0.25, -0.2) is 4.79 Å². The van der Waals surface area contributed by atoms with Crippen molar-refractivity contribution in [3.63, 3.8) is 0 Å². The zero-order valence-corrected chi connectivity index (χ0v) is 10.7. The molecule has 96 valence electrons. The summed E-state index contributed by atoms with van der Waals surface area (Å²) in [4.78, 5) is 15.8. The molecule has 17 heavy (non-hydrogen) atoms. The number of aliphatic hydroxyl groups excluding tert-OH is 2. The highest BCUT2D eigenvalue weighted by atomic mass is 32.2. The van der Waals surface area contributed by atoms with Crippen molar-refractivity contribution in [1.82, 2.24) is 5.32 Å². The fourth-order valence-electron chi connectivity index (χ4n) is 1.54. The average molecular weight is 260 g/mol. The number of methoxy groups -OCH3 is 1. The lowest BCUT2D eigenvalue weighted by atomic mass is 9.99. The van der Waals surface area contributed by atoms with Crippen molar-refractivity contribution in [3.05, 3.63) is 11.3 Å². The largest absolute Gasteiger partial charge is 0.466 e. The molecule has 1 aliphatic heterocycles. The number of carbonyl (C=O) groups excluding carboxylic acids is 1. The Balaban J connectivity index is 3.10. The zero-order chi connectivity index (χ0) is 13.0. The molecule has 6 nitrogen and oxygen atoms in total. The highest BCUT2D eigenvalue weighted by Gasteiger charge is 2.33. The molecule has 2 atom stereocenters. The first-order valence-corrected chi connectivity index (χ1v) is 6.24. The van der Waals surface area contributed by atoms with Gasteiger partial charge in [0, 0.05) is 5.70 Å². The fraction of sp³-hybridized carbons (Fsp3) is 0.600. The molecule has 0 aliphatic carbocycles. The Morgan fingerprint density at radius 1 is 1.71 bits per heavy atom. The molecule has 0 bridgehead atoms. The molecular formula is C10H16N2O4S. The van der Waals surface area contributed by atoms with E-state index in [4.69, 9.17) is 5.11 Å². The molecule has 0 saturated heterocycles. The molecule has 1 unspecified atom stereocenters. The van der Waals surface area contributed by atoms with E-state index in [-0.39, 0.29) is 5.57 Å². The second-order valence-electron chi connectivity index (χ2n) is 3.49. The van der Waals surface area contributed by atoms with Crippen LogP contribution in [0.1, 0.15) is 6.92 Å². The van der Waals surface area contributed by atoms with Gasteiger partial charge in [0.1, 0.15) is 12.1 Å². The van der Waals surface area contributed by atoms with Crippen LogP contribution >= 0.6 is 11.8 Å². The average Bonchev–Trinajstić information content (AvgIpc) is 2.35. The van der Waals surface area contributed by atoms with Gasteiger partial charge in [0.25, 0.3) is 0 Å². The van der Waals surface area contributed by atoms with Crippen LogP contribution in [-0.2, 0) is 9.53 Å². The molecular weight excluding hydrogens is 244 g/mol. The van der Waals surface area contributed by atoms with E-state index in [9.17, 15) is 9.90 Å². The number of rotatable bonds is 3. The fourth-order valence-corrected chi connectivity index (χ4v) is 2.01. The molecule has 0 saturated carbocycles. The summed E-state index contributed by atoms with van der Waals surface area (Å²) in [6.07, 6.45) is 0.702. The van der Waals surface area contributed by atoms with Crippen LogP contribution in [0, 0.1) is 0 Å². The molecule has 1 rings (SSSR count). The third-order valence-corrected chi connectivity index (χ3v) is 2.99. The Morgan fingerprint density at radius 2 is 2.35 bits per heavy atom. The molecule has 0 radical (unpaired) electrons. The monoisotopic (exact) mass is 260 g/mol. The van der Waals surface area contributed by atoms with E-state index in [0.717, 1.165) is 0 Å². The maximum Gasteiger partial charge on any atom is 0.337 e. The van der Waals surface area contributed by atoms with Crippen molar-refractivity contribution in [2.24, 2.45) is 4.99 Å². The van der Waals surface area contributed by atoms with Crippen LogP contribution in [-0.4, -0.2) is 53.5 Å². The first-order valence-electron chi connectivity index (χ1n) is 5.02. The van der Waals surface area contributed by atoms with Crippen molar-refractivity contribution in [2.75, 3.05) is 20.0 Å². The number of hydrogen-bond acceptors (Lipinski definition) is 7. The molecule has 0 amide bonds. The minimum absolute atomic E-state index is 0.242. The number of nitrogens with one attached hydrogen (secondary N) is 1. The summed E-state index contributed by atoms with van der Waals surface area (Å²) >= 11 is 1.36. The summed E-state index contributed by atoms with van der Waals surface area (Å²) in [5.41, 5.74) is 0.820. The SMILES string of the molecule is COC(=O)C1=C(C)NC(SC)=NC1[C@H](O)CO. The van der Waals surface area contributed by atoms with Crippen molar-refractivity contribution in [2.45, 2.75) is 19.1 Å². The number of thioether (sulfide) groups is 1. The lowest BCUT2D eigenvalue weighted by molar-refractivity contribution is -0.136. The second-order valence-corrected chi connectivity index (χ2v) is 4.28. The maximum absolute atomic E-state index is 11.6. The standard InChI is InChI=1S/C10H16N2O4S/c1-5-7(9(15)16-2)8(6(14)4-13)12-10(11-5)17-3/h6,8,13-14H,4H2,1-3H3,(H,11,12)/t6-,8?/m1/s1. The van der Waals surface area contributed by atoms with E-state index >= 15 is 0 Å². The van der Waals surface area contributed by atoms with E-state index in [1.54, 1.807) is 6.92 Å². The van der Waals surface area contributed by atoms with Crippen LogP contribution in [0.25, 0.3) is 0 Å². The van der Waals surface area contributed by atoms with E-state index in [1.807, 2.05) is 6.26 Å². The highest BCUT2D eigenvalue weighted by molar-refractivity contribution is 8.13. The van der Waals surface area contributed by atoms with Crippen LogP contribution in [0.5, 0.6) is 0 Å². The predicted molar refractivity (Wildman–Crippen MR) is 65.7 cm³/mol. The maximum atomic E-state index is 11.6. The number of ether oxygens (including phenoxy) is 1. The van der Waals surface area contributed by atoms with Crippen LogP contribution in [0.15, 0.2) is 16.3 Å². The first kappa shape index (κ1) is 14.0. The van der Waals surface area contributed by atoms with Gasteiger partial charge in [-0.2, -0.15) is 0 Å². The van der Waals surface area contributed by atoms with Gasteiger partial charge in [0.2, 0.25) is 0 Å². The lowest BCUT2D eigenvalue weighted by Gasteiger charge is -2.27. The minimum Gasteiger partial charge on any atom is -0.466 e. The second kappa shape index (κ2) is 6.04. The molecule has 7 heteroatoms. The molecule has 0 aromatic carbocycles. The number of hydrogen-bond donors (Lipinski definition) is 3. The molecule has 1 aliphatic rings. The normalized spacial score (nSPS) is 21.7. The molecule has 0 aromatic rings. The van der Waals surface area contributed by atoms with Crippen molar-refractivity contribution >= 4 is 22.9 Å². The van der Waals surface area contributed by atoms with Gasteiger partial charge in [-0.1, -0.05) is 11.8 Å². The third-order valence-electron chi connectivity index (χ3n) is 2.40. The van der Waals surface area contributed by atoms with Crippen LogP contribution < -0.4 is 5.32 Å². The van der Waals surface area contributed by atoms with E-state index in [0.29, 0.717) is 10.9 Å². The first-order chi connectivity index (χ1) is 8.04. The van der Waals surface area contributed by atoms with Crippen LogP contribution in [0.4, 0.5) is 0 Å². The quantitative estimate of drug-likeness (QED) is 0.591. The Bertz CT molecular complexity index is 367. The molecule has 0 spiro atoms. The van der Waals surface area contributed by atoms with Gasteiger partial charge in [0.15, 0.2) is 5.17 Å². The van der Waals surface area contributed by atoms with Gasteiger partial charge >= 0.3 is 5.97 Å². The summed E-state index contributed by atoms with van der Waals surface area (Å²) in [5.74, 6) is -0.559. The van der Waals surface area contributed by atoms with Crippen molar-refractivity contribution < 1.29 is 19.7 Å². The van der Waals surface area contributed by atoms with Crippen molar-refractivity contribution in [3.8, 4) is 0 Å². The van der Waals surface area contributed by atoms with E-state index in [1.165, 1.54) is 18.9 Å². The molecule has 3 N–H and O–H groups in total. The number of aliphatic imine (C=N–C) groups is 1. The number of nitrogens with zero attached hydrogens (tertiary/aromatic N) is 1. The number of carbonyl (C=O) groups is 1. The topological polar surface area (TPSA) is 91.2 Å². The number of amidine groups is 1. The number of allylic oxidation sites excluding steroid dienone is 1. The lowest BCUT2D eigenvalue weighted by Crippen LogP contribution is -2.40. The third kappa shape index (κ3) is 2.99. The van der Waals surface area contributed by atoms with Gasteiger partial charge < -0.3 is 20.3 Å². The summed E-state index contributed by atoms with van der Waals surface area (Å²) in [5, 5.41) is 22.2. The van der Waals surface area contributed by atoms with E-state index in [2.05, 4.69) is 15.0 Å². The Labute approximate surface area is 104 Å². The molecule has 0 fully saturated rings. The van der Waals surface area contributed by atoms with Gasteiger partial charge in [0.05, 0.1) is 19.3 Å². The minimum atomic E-state index is -1.12. The highest BCUT2D eigenvalue weighted by Crippen LogP contribution is 2.22. The van der Waals surface area contributed by atoms with Gasteiger partial charge in [-0.3, -0.25) is 4.99 Å². The summed E-state index contributed by atoms with van der Waals surface area (Å²) in [6.45, 7) is 1.23. The number of aliphatic hydroxyl groups is 2. The predicted octanol–water partition coefficient (Wildman–Crippen LogP) is -0.523. The Kier molecular flexibility index (Phi) is 4.98. The smallest absolute Gasteiger partial charge is 0.337 e. The zero-order valence-electron chi connectivity index (χ0n) is 9.93. The summed E-state index contributed by atoms with van der Waals surface area (Å²) in [6, 6.07) is -0.795. The summed E-state index contributed by atoms with van der Waals surface area (Å²) in [7, 11) is 1.26. The van der Waals surface area contributed by atoms with Crippen molar-refractivity contribution in [1.29, 1.82) is 0 Å². The van der Waals surface area contributed by atoms with E-state index < -0.39 is 24.7 Å². The Hall–Kier alpha value is -1.05. The summed E-state index contributed by atoms with van der Waals surface area (Å²) < 4.78 is 4.65. The Morgan fingerprint density at radius 3 is 2.82 bits per heavy atom. The van der Waals surface area contributed by atoms with Gasteiger partial charge in [-0.15, -0.1) is 0 Å². The molecule has 1 heterocycles.